The monoisotopic (exact) mass is 309 g/mol. The van der Waals surface area contributed by atoms with Crippen molar-refractivity contribution < 1.29 is 9.21 Å². The lowest BCUT2D eigenvalue weighted by molar-refractivity contribution is 0.0885. The predicted molar refractivity (Wildman–Crippen MR) is 76.2 cm³/mol. The smallest absolute Gasteiger partial charge is 0.287 e. The molecule has 1 aromatic heterocycles. The third kappa shape index (κ3) is 2.93. The Hall–Kier alpha value is -1.29. The molecular weight excluding hydrogens is 294 g/mol. The van der Waals surface area contributed by atoms with E-state index in [-0.39, 0.29) is 11.4 Å². The molecule has 1 amide bonds. The van der Waals surface area contributed by atoms with Crippen LogP contribution >= 0.6 is 15.9 Å². The molecule has 0 aliphatic rings. The number of hydrogen-bond acceptors (Lipinski definition) is 2. The standard InChI is InChI=1S/C14H16BrNO2/c1-14(2,7-8-15)16-13(17)12-9-10-5-3-4-6-11(10)18-12/h3-6,9H,7-8H2,1-2H3,(H,16,17). The maximum absolute atomic E-state index is 12.1. The molecule has 0 aliphatic heterocycles. The molecular formula is C14H16BrNO2. The topological polar surface area (TPSA) is 42.2 Å². The minimum absolute atomic E-state index is 0.169. The maximum Gasteiger partial charge on any atom is 0.287 e. The van der Waals surface area contributed by atoms with E-state index in [1.54, 1.807) is 6.07 Å². The molecule has 0 aliphatic carbocycles. The molecule has 0 radical (unpaired) electrons. The molecule has 2 rings (SSSR count). The fourth-order valence-electron chi connectivity index (χ4n) is 1.76. The Labute approximate surface area is 115 Å². The summed E-state index contributed by atoms with van der Waals surface area (Å²) in [6, 6.07) is 9.38. The van der Waals surface area contributed by atoms with Crippen LogP contribution in [0.1, 0.15) is 30.8 Å². The van der Waals surface area contributed by atoms with E-state index < -0.39 is 0 Å². The third-order valence-corrected chi connectivity index (χ3v) is 3.22. The number of fused-ring (bicyclic) bond motifs is 1. The SMILES string of the molecule is CC(C)(CCBr)NC(=O)c1cc2ccccc2o1. The molecule has 1 aromatic carbocycles. The lowest BCUT2D eigenvalue weighted by atomic mass is 10.0. The van der Waals surface area contributed by atoms with Crippen molar-refractivity contribution in [2.24, 2.45) is 0 Å². The Kier molecular flexibility index (Phi) is 3.76. The second kappa shape index (κ2) is 5.14. The van der Waals surface area contributed by atoms with Gasteiger partial charge in [-0.25, -0.2) is 0 Å². The summed E-state index contributed by atoms with van der Waals surface area (Å²) in [7, 11) is 0. The van der Waals surface area contributed by atoms with Gasteiger partial charge in [0.1, 0.15) is 5.58 Å². The quantitative estimate of drug-likeness (QED) is 0.874. The first-order chi connectivity index (χ1) is 8.52. The average molecular weight is 310 g/mol. The van der Waals surface area contributed by atoms with Crippen LogP contribution in [-0.2, 0) is 0 Å². The summed E-state index contributed by atoms with van der Waals surface area (Å²) < 4.78 is 5.53. The van der Waals surface area contributed by atoms with Crippen molar-refractivity contribution in [1.29, 1.82) is 0 Å². The molecule has 18 heavy (non-hydrogen) atoms. The summed E-state index contributed by atoms with van der Waals surface area (Å²) in [5.74, 6) is 0.191. The highest BCUT2D eigenvalue weighted by Crippen LogP contribution is 2.19. The highest BCUT2D eigenvalue weighted by Gasteiger charge is 2.22. The molecule has 1 heterocycles. The van der Waals surface area contributed by atoms with Crippen LogP contribution in [0, 0.1) is 0 Å². The van der Waals surface area contributed by atoms with Gasteiger partial charge in [0.05, 0.1) is 0 Å². The second-order valence-corrected chi connectivity index (χ2v) is 5.72. The van der Waals surface area contributed by atoms with Crippen LogP contribution in [0.4, 0.5) is 0 Å². The zero-order chi connectivity index (χ0) is 13.2. The summed E-state index contributed by atoms with van der Waals surface area (Å²) in [6.07, 6.45) is 0.860. The normalized spacial score (nSPS) is 11.7. The molecule has 0 unspecified atom stereocenters. The van der Waals surface area contributed by atoms with E-state index in [1.807, 2.05) is 38.1 Å². The van der Waals surface area contributed by atoms with E-state index in [0.717, 1.165) is 22.7 Å². The van der Waals surface area contributed by atoms with Gasteiger partial charge in [-0.15, -0.1) is 0 Å². The Bertz CT molecular complexity index is 527. The maximum atomic E-state index is 12.1. The van der Waals surface area contributed by atoms with Gasteiger partial charge in [0.2, 0.25) is 0 Å². The summed E-state index contributed by atoms with van der Waals surface area (Å²) >= 11 is 3.38. The van der Waals surface area contributed by atoms with Gasteiger partial charge in [-0.05, 0) is 32.4 Å². The number of benzene rings is 1. The number of amides is 1. The zero-order valence-corrected chi connectivity index (χ0v) is 12.1. The molecule has 2 aromatic rings. The minimum Gasteiger partial charge on any atom is -0.451 e. The van der Waals surface area contributed by atoms with E-state index in [1.165, 1.54) is 0 Å². The highest BCUT2D eigenvalue weighted by atomic mass is 79.9. The summed E-state index contributed by atoms with van der Waals surface area (Å²) in [5, 5.41) is 4.76. The molecule has 0 saturated heterocycles. The summed E-state index contributed by atoms with van der Waals surface area (Å²) in [6.45, 7) is 3.99. The van der Waals surface area contributed by atoms with Gasteiger partial charge < -0.3 is 9.73 Å². The fraction of sp³-hybridized carbons (Fsp3) is 0.357. The van der Waals surface area contributed by atoms with Crippen LogP contribution in [-0.4, -0.2) is 16.8 Å². The van der Waals surface area contributed by atoms with Gasteiger partial charge in [0.25, 0.3) is 5.91 Å². The highest BCUT2D eigenvalue weighted by molar-refractivity contribution is 9.09. The van der Waals surface area contributed by atoms with E-state index in [4.69, 9.17) is 4.42 Å². The molecule has 0 saturated carbocycles. The first kappa shape index (κ1) is 13.1. The lowest BCUT2D eigenvalue weighted by Gasteiger charge is -2.24. The van der Waals surface area contributed by atoms with Crippen molar-refractivity contribution in [2.75, 3.05) is 5.33 Å². The lowest BCUT2D eigenvalue weighted by Crippen LogP contribution is -2.43. The fourth-order valence-corrected chi connectivity index (χ4v) is 2.75. The molecule has 1 N–H and O–H groups in total. The Morgan fingerprint density at radius 3 is 2.78 bits per heavy atom. The summed E-state index contributed by atoms with van der Waals surface area (Å²) in [5.41, 5.74) is 0.487. The Balaban J connectivity index is 2.18. The molecule has 0 bridgehead atoms. The van der Waals surface area contributed by atoms with Crippen molar-refractivity contribution in [1.82, 2.24) is 5.32 Å². The van der Waals surface area contributed by atoms with Crippen molar-refractivity contribution in [3.63, 3.8) is 0 Å². The van der Waals surface area contributed by atoms with Crippen LogP contribution in [0.15, 0.2) is 34.7 Å². The molecule has 0 spiro atoms. The number of alkyl halides is 1. The molecule has 0 fully saturated rings. The minimum atomic E-state index is -0.250. The molecule has 96 valence electrons. The van der Waals surface area contributed by atoms with Crippen molar-refractivity contribution in [3.05, 3.63) is 36.1 Å². The first-order valence-corrected chi connectivity index (χ1v) is 7.01. The second-order valence-electron chi connectivity index (χ2n) is 4.93. The van der Waals surface area contributed by atoms with E-state index >= 15 is 0 Å². The largest absolute Gasteiger partial charge is 0.451 e. The number of carbonyl (C=O) groups is 1. The number of nitrogens with one attached hydrogen (secondary N) is 1. The first-order valence-electron chi connectivity index (χ1n) is 5.89. The van der Waals surface area contributed by atoms with Crippen LogP contribution in [0.5, 0.6) is 0 Å². The number of para-hydroxylation sites is 1. The van der Waals surface area contributed by atoms with Crippen LogP contribution in [0.25, 0.3) is 11.0 Å². The summed E-state index contributed by atoms with van der Waals surface area (Å²) in [4.78, 5) is 12.1. The van der Waals surface area contributed by atoms with Gasteiger partial charge in [0.15, 0.2) is 5.76 Å². The van der Waals surface area contributed by atoms with Gasteiger partial charge in [-0.1, -0.05) is 34.1 Å². The van der Waals surface area contributed by atoms with E-state index in [9.17, 15) is 4.79 Å². The van der Waals surface area contributed by atoms with Crippen molar-refractivity contribution in [3.8, 4) is 0 Å². The molecule has 4 heteroatoms. The third-order valence-electron chi connectivity index (χ3n) is 2.82. The van der Waals surface area contributed by atoms with Gasteiger partial charge in [-0.2, -0.15) is 0 Å². The van der Waals surface area contributed by atoms with Crippen LogP contribution < -0.4 is 5.32 Å². The Morgan fingerprint density at radius 2 is 2.11 bits per heavy atom. The number of halogens is 1. The number of carbonyl (C=O) groups excluding carboxylic acids is 1. The van der Waals surface area contributed by atoms with E-state index in [2.05, 4.69) is 21.2 Å². The van der Waals surface area contributed by atoms with Crippen LogP contribution in [0.2, 0.25) is 0 Å². The number of rotatable bonds is 4. The molecule has 0 atom stereocenters. The number of furan rings is 1. The van der Waals surface area contributed by atoms with Crippen molar-refractivity contribution in [2.45, 2.75) is 25.8 Å². The predicted octanol–water partition coefficient (Wildman–Crippen LogP) is 3.73. The van der Waals surface area contributed by atoms with Crippen molar-refractivity contribution >= 4 is 32.8 Å². The number of hydrogen-bond donors (Lipinski definition) is 1. The van der Waals surface area contributed by atoms with E-state index in [0.29, 0.717) is 5.76 Å². The zero-order valence-electron chi connectivity index (χ0n) is 10.5. The van der Waals surface area contributed by atoms with Gasteiger partial charge in [0, 0.05) is 16.3 Å². The van der Waals surface area contributed by atoms with Crippen LogP contribution in [0.3, 0.4) is 0 Å². The Morgan fingerprint density at radius 1 is 1.39 bits per heavy atom. The average Bonchev–Trinajstić information content (AvgIpc) is 2.71. The molecule has 3 nitrogen and oxygen atoms in total. The van der Waals surface area contributed by atoms with Gasteiger partial charge >= 0.3 is 0 Å². The van der Waals surface area contributed by atoms with Gasteiger partial charge in [-0.3, -0.25) is 4.79 Å².